The molecule has 0 spiro atoms. The summed E-state index contributed by atoms with van der Waals surface area (Å²) in [7, 11) is -2.52. The Kier molecular flexibility index (Phi) is 11.5. The molecule has 188 valence electrons. The first kappa shape index (κ1) is 27.6. The molecule has 3 rings (SSSR count). The second-order valence-electron chi connectivity index (χ2n) is 8.29. The standard InChI is InChI=1S/C26H31ClNO5PS/c1-19(2)33-25-11-8-20(17-23(25)27)6-3-13-31-24-10-9-21(16-22(24)26-7-4-15-35-26)18-28-12-5-14-32-34(29)30/h4,7-11,15-17,19,28H,3,5-6,12-14,18H2,1-2H3/p+1. The SMILES string of the molecule is CC(C)Oc1ccc(CCCOc2ccc(CNCCCO[P+](=O)O)cc2-c2cccs2)cc1Cl. The van der Waals surface area contributed by atoms with Crippen LogP contribution in [0.4, 0.5) is 0 Å². The predicted octanol–water partition coefficient (Wildman–Crippen LogP) is 7.01. The van der Waals surface area contributed by atoms with E-state index in [1.165, 1.54) is 0 Å². The summed E-state index contributed by atoms with van der Waals surface area (Å²) < 4.78 is 27.1. The maximum absolute atomic E-state index is 10.5. The minimum atomic E-state index is -2.52. The highest BCUT2D eigenvalue weighted by molar-refractivity contribution is 7.32. The van der Waals surface area contributed by atoms with Crippen molar-refractivity contribution in [3.8, 4) is 21.9 Å². The molecular weight excluding hydrogens is 505 g/mol. The summed E-state index contributed by atoms with van der Waals surface area (Å²) in [6.45, 7) is 6.22. The van der Waals surface area contributed by atoms with E-state index < -0.39 is 8.25 Å². The molecule has 1 aromatic heterocycles. The lowest BCUT2D eigenvalue weighted by Gasteiger charge is -2.14. The van der Waals surface area contributed by atoms with Gasteiger partial charge in [-0.2, -0.15) is 0 Å². The summed E-state index contributed by atoms with van der Waals surface area (Å²) in [6.07, 6.45) is 2.49. The lowest BCUT2D eigenvalue weighted by Crippen LogP contribution is -2.16. The molecule has 0 aliphatic carbocycles. The van der Waals surface area contributed by atoms with Gasteiger partial charge in [0.25, 0.3) is 0 Å². The lowest BCUT2D eigenvalue weighted by molar-refractivity contribution is 0.242. The minimum Gasteiger partial charge on any atom is -0.493 e. The van der Waals surface area contributed by atoms with Crippen molar-refractivity contribution >= 4 is 31.2 Å². The van der Waals surface area contributed by atoms with Crippen LogP contribution in [0.1, 0.15) is 37.8 Å². The molecule has 1 heterocycles. The number of thiophene rings is 1. The molecule has 3 aromatic rings. The number of rotatable bonds is 15. The molecule has 0 radical (unpaired) electrons. The molecule has 0 saturated carbocycles. The van der Waals surface area contributed by atoms with E-state index in [9.17, 15) is 4.57 Å². The quantitative estimate of drug-likeness (QED) is 0.161. The van der Waals surface area contributed by atoms with Crippen molar-refractivity contribution in [2.24, 2.45) is 0 Å². The Labute approximate surface area is 217 Å². The Hall–Kier alpha value is -1.99. The first-order chi connectivity index (χ1) is 16.9. The molecule has 1 atom stereocenters. The summed E-state index contributed by atoms with van der Waals surface area (Å²) in [5.74, 6) is 1.59. The summed E-state index contributed by atoms with van der Waals surface area (Å²) >= 11 is 8.04. The van der Waals surface area contributed by atoms with Crippen molar-refractivity contribution in [2.75, 3.05) is 19.8 Å². The van der Waals surface area contributed by atoms with Crippen LogP contribution in [-0.4, -0.2) is 30.8 Å². The molecule has 0 fully saturated rings. The van der Waals surface area contributed by atoms with E-state index in [1.807, 2.05) is 38.1 Å². The molecular formula is C26H32ClNO5PS+. The Balaban J connectivity index is 1.53. The van der Waals surface area contributed by atoms with Crippen molar-refractivity contribution in [1.29, 1.82) is 0 Å². The van der Waals surface area contributed by atoms with Crippen molar-refractivity contribution in [3.63, 3.8) is 0 Å². The third kappa shape index (κ3) is 9.53. The largest absolute Gasteiger partial charge is 0.694 e. The number of nitrogens with one attached hydrogen (secondary N) is 1. The van der Waals surface area contributed by atoms with E-state index in [0.29, 0.717) is 36.9 Å². The maximum Gasteiger partial charge on any atom is 0.694 e. The third-order valence-corrected chi connectivity index (χ3v) is 6.69. The second-order valence-corrected chi connectivity index (χ2v) is 10.4. The predicted molar refractivity (Wildman–Crippen MR) is 143 cm³/mol. The van der Waals surface area contributed by atoms with Crippen molar-refractivity contribution in [1.82, 2.24) is 5.32 Å². The van der Waals surface area contributed by atoms with Gasteiger partial charge < -0.3 is 14.8 Å². The number of ether oxygens (including phenoxy) is 2. The van der Waals surface area contributed by atoms with Gasteiger partial charge in [0, 0.05) is 21.6 Å². The van der Waals surface area contributed by atoms with E-state index in [2.05, 4.69) is 39.5 Å². The average Bonchev–Trinajstić information content (AvgIpc) is 3.35. The minimum absolute atomic E-state index is 0.0892. The molecule has 0 saturated heterocycles. The van der Waals surface area contributed by atoms with Crippen LogP contribution >= 0.6 is 31.2 Å². The molecule has 35 heavy (non-hydrogen) atoms. The monoisotopic (exact) mass is 536 g/mol. The van der Waals surface area contributed by atoms with Crippen LogP contribution in [0, 0.1) is 0 Å². The Morgan fingerprint density at radius 2 is 1.86 bits per heavy atom. The summed E-state index contributed by atoms with van der Waals surface area (Å²) in [5.41, 5.74) is 3.39. The number of hydrogen-bond donors (Lipinski definition) is 2. The van der Waals surface area contributed by atoms with E-state index in [-0.39, 0.29) is 12.7 Å². The first-order valence-corrected chi connectivity index (χ1v) is 14.1. The molecule has 6 nitrogen and oxygen atoms in total. The number of halogens is 1. The van der Waals surface area contributed by atoms with Gasteiger partial charge in [0.05, 0.1) is 17.7 Å². The van der Waals surface area contributed by atoms with E-state index >= 15 is 0 Å². The topological polar surface area (TPSA) is 77.0 Å². The van der Waals surface area contributed by atoms with Gasteiger partial charge in [-0.3, -0.25) is 0 Å². The first-order valence-electron chi connectivity index (χ1n) is 11.7. The highest BCUT2D eigenvalue weighted by Crippen LogP contribution is 2.34. The highest BCUT2D eigenvalue weighted by Gasteiger charge is 2.11. The molecule has 0 amide bonds. The molecule has 2 aromatic carbocycles. The number of hydrogen-bond acceptors (Lipinski definition) is 6. The molecule has 2 N–H and O–H groups in total. The fourth-order valence-corrected chi connectivity index (χ4v) is 4.80. The van der Waals surface area contributed by atoms with Crippen LogP contribution in [-0.2, 0) is 22.1 Å². The smallest absolute Gasteiger partial charge is 0.493 e. The van der Waals surface area contributed by atoms with Gasteiger partial charge in [-0.1, -0.05) is 29.8 Å². The summed E-state index contributed by atoms with van der Waals surface area (Å²) in [5, 5.41) is 6.04. The van der Waals surface area contributed by atoms with Crippen LogP contribution in [0.15, 0.2) is 53.9 Å². The molecule has 0 aliphatic heterocycles. The van der Waals surface area contributed by atoms with Gasteiger partial charge in [-0.25, -0.2) is 0 Å². The van der Waals surface area contributed by atoms with E-state index in [1.54, 1.807) is 11.3 Å². The zero-order valence-corrected chi connectivity index (χ0v) is 22.5. The molecule has 9 heteroatoms. The van der Waals surface area contributed by atoms with E-state index in [4.69, 9.17) is 26.0 Å². The van der Waals surface area contributed by atoms with Gasteiger partial charge >= 0.3 is 8.25 Å². The van der Waals surface area contributed by atoms with Crippen molar-refractivity contribution < 1.29 is 23.5 Å². The fraction of sp³-hybridized carbons (Fsp3) is 0.385. The Morgan fingerprint density at radius 3 is 2.57 bits per heavy atom. The van der Waals surface area contributed by atoms with Crippen LogP contribution in [0.3, 0.4) is 0 Å². The van der Waals surface area contributed by atoms with Crippen LogP contribution in [0.25, 0.3) is 10.4 Å². The van der Waals surface area contributed by atoms with Crippen molar-refractivity contribution in [2.45, 2.75) is 45.8 Å². The number of benzene rings is 2. The van der Waals surface area contributed by atoms with E-state index in [0.717, 1.165) is 40.2 Å². The normalized spacial score (nSPS) is 11.6. The fourth-order valence-electron chi connectivity index (χ4n) is 3.52. The zero-order valence-electron chi connectivity index (χ0n) is 20.0. The van der Waals surface area contributed by atoms with Gasteiger partial charge in [-0.05, 0) is 86.5 Å². The highest BCUT2D eigenvalue weighted by atomic mass is 35.5. The summed E-state index contributed by atoms with van der Waals surface area (Å²) in [6, 6.07) is 16.3. The lowest BCUT2D eigenvalue weighted by atomic mass is 10.1. The van der Waals surface area contributed by atoms with Gasteiger partial charge in [0.2, 0.25) is 0 Å². The maximum atomic E-state index is 10.5. The third-order valence-electron chi connectivity index (χ3n) is 5.09. The van der Waals surface area contributed by atoms with Gasteiger partial charge in [-0.15, -0.1) is 20.8 Å². The second kappa shape index (κ2) is 14.5. The van der Waals surface area contributed by atoms with Crippen LogP contribution in [0.2, 0.25) is 5.02 Å². The van der Waals surface area contributed by atoms with Gasteiger partial charge in [0.1, 0.15) is 18.1 Å². The average molecular weight is 537 g/mol. The van der Waals surface area contributed by atoms with Crippen molar-refractivity contribution in [3.05, 3.63) is 70.1 Å². The van der Waals surface area contributed by atoms with Gasteiger partial charge in [0.15, 0.2) is 0 Å². The van der Waals surface area contributed by atoms with Crippen LogP contribution < -0.4 is 14.8 Å². The van der Waals surface area contributed by atoms with Crippen LogP contribution in [0.5, 0.6) is 11.5 Å². The summed E-state index contributed by atoms with van der Waals surface area (Å²) in [4.78, 5) is 9.82. The molecule has 0 bridgehead atoms. The molecule has 1 unspecified atom stereocenters. The molecule has 0 aliphatic rings. The number of aryl methyl sites for hydroxylation is 1. The zero-order chi connectivity index (χ0) is 25.0. The Morgan fingerprint density at radius 1 is 1.06 bits per heavy atom. The Bertz CT molecular complexity index is 1080.